The summed E-state index contributed by atoms with van der Waals surface area (Å²) in [6.45, 7) is 5.78. The molecule has 39 heavy (non-hydrogen) atoms. The largest absolute Gasteiger partial charge is 0.481 e. The molecule has 0 saturated heterocycles. The third-order valence-electron chi connectivity index (χ3n) is 8.63. The van der Waals surface area contributed by atoms with Crippen LogP contribution in [0.1, 0.15) is 75.8 Å². The fraction of sp³-hybridized carbons (Fsp3) is 0.375. The summed E-state index contributed by atoms with van der Waals surface area (Å²) >= 11 is 0. The van der Waals surface area contributed by atoms with E-state index in [2.05, 4.69) is 46.7 Å². The minimum absolute atomic E-state index is 0.0441. The predicted octanol–water partition coefficient (Wildman–Crippen LogP) is 5.52. The minimum Gasteiger partial charge on any atom is -0.481 e. The Morgan fingerprint density at radius 1 is 0.974 bits per heavy atom. The zero-order valence-electron chi connectivity index (χ0n) is 22.6. The van der Waals surface area contributed by atoms with Crippen LogP contribution < -0.4 is 0 Å². The van der Waals surface area contributed by atoms with Crippen molar-refractivity contribution in [3.63, 3.8) is 0 Å². The number of amides is 1. The highest BCUT2D eigenvalue weighted by Crippen LogP contribution is 2.38. The van der Waals surface area contributed by atoms with Crippen molar-refractivity contribution in [3.8, 4) is 0 Å². The summed E-state index contributed by atoms with van der Waals surface area (Å²) in [5.41, 5.74) is 8.96. The lowest BCUT2D eigenvalue weighted by Crippen LogP contribution is -2.36. The number of carbonyl (C=O) groups excluding carboxylic acids is 1. The molecule has 7 nitrogen and oxygen atoms in total. The number of aromatic nitrogens is 3. The van der Waals surface area contributed by atoms with E-state index in [1.807, 2.05) is 34.7 Å². The van der Waals surface area contributed by atoms with Gasteiger partial charge in [0.15, 0.2) is 0 Å². The number of carboxylic acids is 1. The Balaban J connectivity index is 1.46. The van der Waals surface area contributed by atoms with Crippen LogP contribution in [0.3, 0.4) is 0 Å². The molecule has 5 aliphatic rings. The monoisotopic (exact) mass is 522 g/mol. The van der Waals surface area contributed by atoms with Gasteiger partial charge >= 0.3 is 5.97 Å². The van der Waals surface area contributed by atoms with Crippen molar-refractivity contribution in [1.82, 2.24) is 19.9 Å². The number of hydrogen-bond acceptors (Lipinski definition) is 4. The molecule has 0 aliphatic carbocycles. The van der Waals surface area contributed by atoms with Gasteiger partial charge in [-0.2, -0.15) is 0 Å². The van der Waals surface area contributed by atoms with Gasteiger partial charge in [0, 0.05) is 31.1 Å². The molecule has 0 saturated carbocycles. The summed E-state index contributed by atoms with van der Waals surface area (Å²) in [6, 6.07) is 18.5. The van der Waals surface area contributed by atoms with Crippen molar-refractivity contribution >= 4 is 22.9 Å². The number of carbonyl (C=O) groups is 2. The molecule has 3 aromatic carbocycles. The van der Waals surface area contributed by atoms with Crippen LogP contribution in [0.15, 0.2) is 54.6 Å². The molecule has 1 N–H and O–H groups in total. The summed E-state index contributed by atoms with van der Waals surface area (Å²) in [5, 5.41) is 19.1. The first-order valence-corrected chi connectivity index (χ1v) is 14.0. The molecule has 0 radical (unpaired) electrons. The molecule has 2 atom stereocenters. The second-order valence-corrected chi connectivity index (χ2v) is 11.1. The van der Waals surface area contributed by atoms with Crippen LogP contribution in [0.5, 0.6) is 0 Å². The Kier molecular flexibility index (Phi) is 6.67. The first kappa shape index (κ1) is 25.3. The van der Waals surface area contributed by atoms with Crippen LogP contribution in [0.2, 0.25) is 0 Å². The Morgan fingerprint density at radius 3 is 2.59 bits per heavy atom. The second-order valence-electron chi connectivity index (χ2n) is 11.1. The zero-order valence-corrected chi connectivity index (χ0v) is 22.6. The maximum Gasteiger partial charge on any atom is 0.307 e. The van der Waals surface area contributed by atoms with Crippen LogP contribution in [0.25, 0.3) is 11.0 Å². The van der Waals surface area contributed by atoms with E-state index in [9.17, 15) is 14.7 Å². The summed E-state index contributed by atoms with van der Waals surface area (Å²) < 4.78 is 1.97. The number of aliphatic carboxylic acids is 1. The fourth-order valence-corrected chi connectivity index (χ4v) is 6.27. The minimum atomic E-state index is -0.841. The summed E-state index contributed by atoms with van der Waals surface area (Å²) in [4.78, 5) is 27.6. The van der Waals surface area contributed by atoms with E-state index in [1.54, 1.807) is 6.92 Å². The molecule has 1 amide bonds. The summed E-state index contributed by atoms with van der Waals surface area (Å²) in [7, 11) is 0. The number of carboxylic acid groups (broad SMARTS) is 1. The molecule has 4 aromatic rings. The van der Waals surface area contributed by atoms with Crippen molar-refractivity contribution in [1.29, 1.82) is 0 Å². The molecule has 7 heteroatoms. The Morgan fingerprint density at radius 2 is 1.79 bits per heavy atom. The highest BCUT2D eigenvalue weighted by atomic mass is 16.4. The Labute approximate surface area is 228 Å². The average Bonchev–Trinajstić information content (AvgIpc) is 3.37. The van der Waals surface area contributed by atoms with Gasteiger partial charge in [-0.1, -0.05) is 55.0 Å². The Bertz CT molecular complexity index is 1560. The second kappa shape index (κ2) is 10.3. The predicted molar refractivity (Wildman–Crippen MR) is 150 cm³/mol. The molecular formula is C32H34N4O3. The van der Waals surface area contributed by atoms with Crippen LogP contribution >= 0.6 is 0 Å². The SMILES string of the molecule is Cc1c2ccc3c1nnn3CCCCCc1ccc(cc1)C(=O)N1CCc3ccc(cc3C1)[C@@H]2[C@@H](C)C(=O)O. The highest BCUT2D eigenvalue weighted by Gasteiger charge is 2.31. The molecule has 0 unspecified atom stereocenters. The molecule has 6 heterocycles. The van der Waals surface area contributed by atoms with Gasteiger partial charge in [-0.05, 0) is 84.2 Å². The smallest absolute Gasteiger partial charge is 0.307 e. The van der Waals surface area contributed by atoms with Gasteiger partial charge in [-0.15, -0.1) is 5.10 Å². The number of benzene rings is 3. The average molecular weight is 523 g/mol. The molecule has 9 bridgehead atoms. The molecule has 9 rings (SSSR count). The van der Waals surface area contributed by atoms with Crippen LogP contribution in [0.4, 0.5) is 0 Å². The normalized spacial score (nSPS) is 18.6. The number of hydrogen-bond donors (Lipinski definition) is 1. The maximum atomic E-state index is 13.4. The maximum absolute atomic E-state index is 13.4. The van der Waals surface area contributed by atoms with Crippen LogP contribution in [-0.2, 0) is 30.7 Å². The van der Waals surface area contributed by atoms with E-state index in [0.29, 0.717) is 18.7 Å². The van der Waals surface area contributed by atoms with Crippen molar-refractivity contribution in [2.45, 2.75) is 65.0 Å². The number of rotatable bonds is 2. The van der Waals surface area contributed by atoms with Gasteiger partial charge in [-0.3, -0.25) is 9.59 Å². The third kappa shape index (κ3) is 4.71. The summed E-state index contributed by atoms with van der Waals surface area (Å²) in [5.74, 6) is -1.79. The summed E-state index contributed by atoms with van der Waals surface area (Å²) in [6.07, 6.45) is 4.91. The molecule has 0 fully saturated rings. The highest BCUT2D eigenvalue weighted by molar-refractivity contribution is 5.94. The fourth-order valence-electron chi connectivity index (χ4n) is 6.27. The molecule has 5 aliphatic heterocycles. The van der Waals surface area contributed by atoms with Gasteiger partial charge in [0.2, 0.25) is 0 Å². The van der Waals surface area contributed by atoms with Gasteiger partial charge < -0.3 is 10.0 Å². The molecule has 0 spiro atoms. The van der Waals surface area contributed by atoms with Gasteiger partial charge in [0.25, 0.3) is 5.91 Å². The molecule has 1 aromatic heterocycles. The van der Waals surface area contributed by atoms with Gasteiger partial charge in [0.1, 0.15) is 5.52 Å². The molecule has 200 valence electrons. The lowest BCUT2D eigenvalue weighted by Gasteiger charge is -2.31. The standard InChI is InChI=1S/C32H34N4O3/c1-20-27-13-14-28-30(20)33-34-36(28)16-5-3-4-6-22-7-9-24(10-8-22)31(37)35-17-15-23-11-12-25(18-26(23)19-35)29(27)21(2)32(38)39/h7-14,18,21,29H,3-6,15-17,19H2,1-2H3,(H,38,39)/t21-,29+/m1/s1. The Hall–Kier alpha value is -4.00. The lowest BCUT2D eigenvalue weighted by atomic mass is 9.78. The van der Waals surface area contributed by atoms with E-state index >= 15 is 0 Å². The van der Waals surface area contributed by atoms with E-state index in [1.165, 1.54) is 11.1 Å². The quantitative estimate of drug-likeness (QED) is 0.375. The van der Waals surface area contributed by atoms with Crippen molar-refractivity contribution in [2.75, 3.05) is 6.54 Å². The zero-order chi connectivity index (χ0) is 27.1. The first-order valence-electron chi connectivity index (χ1n) is 14.0. The van der Waals surface area contributed by atoms with Gasteiger partial charge in [-0.25, -0.2) is 4.68 Å². The van der Waals surface area contributed by atoms with Gasteiger partial charge in [0.05, 0.1) is 11.4 Å². The van der Waals surface area contributed by atoms with Crippen molar-refractivity contribution in [2.24, 2.45) is 5.92 Å². The van der Waals surface area contributed by atoms with Crippen LogP contribution in [0, 0.1) is 12.8 Å². The van der Waals surface area contributed by atoms with E-state index < -0.39 is 11.9 Å². The first-order chi connectivity index (χ1) is 18.9. The van der Waals surface area contributed by atoms with Crippen molar-refractivity contribution in [3.05, 3.63) is 93.5 Å². The lowest BCUT2D eigenvalue weighted by molar-refractivity contribution is -0.141. The molecular weight excluding hydrogens is 488 g/mol. The van der Waals surface area contributed by atoms with Crippen molar-refractivity contribution < 1.29 is 14.7 Å². The third-order valence-corrected chi connectivity index (χ3v) is 8.63. The van der Waals surface area contributed by atoms with E-state index in [-0.39, 0.29) is 11.8 Å². The number of aryl methyl sites for hydroxylation is 3. The van der Waals surface area contributed by atoms with Crippen LogP contribution in [-0.4, -0.2) is 43.4 Å². The van der Waals surface area contributed by atoms with E-state index in [4.69, 9.17) is 0 Å². The number of nitrogens with zero attached hydrogens (tertiary/aromatic N) is 4. The van der Waals surface area contributed by atoms with E-state index in [0.717, 1.165) is 71.9 Å². The topological polar surface area (TPSA) is 88.3 Å².